The predicted molar refractivity (Wildman–Crippen MR) is 77.1 cm³/mol. The number of nitrogens with zero attached hydrogens (tertiary/aromatic N) is 1. The van der Waals surface area contributed by atoms with Crippen LogP contribution in [0.4, 0.5) is 0 Å². The van der Waals surface area contributed by atoms with Gasteiger partial charge in [0.2, 0.25) is 0 Å². The van der Waals surface area contributed by atoms with Crippen molar-refractivity contribution in [2.45, 2.75) is 10.6 Å². The standard InChI is InChI=1S/C14H11ClN2S/c15-10-6-7-12-13(8-10)17-14(16-12)9-18-11-4-2-1-3-5-11/h1-8H,9H2,(H,16,17). The zero-order chi connectivity index (χ0) is 12.4. The summed E-state index contributed by atoms with van der Waals surface area (Å²) in [5, 5.41) is 0.730. The Hall–Kier alpha value is -1.45. The highest BCUT2D eigenvalue weighted by atomic mass is 35.5. The molecule has 0 fully saturated rings. The van der Waals surface area contributed by atoms with Crippen LogP contribution in [-0.2, 0) is 5.75 Å². The summed E-state index contributed by atoms with van der Waals surface area (Å²) in [7, 11) is 0. The quantitative estimate of drug-likeness (QED) is 0.712. The number of hydrogen-bond donors (Lipinski definition) is 1. The first kappa shape index (κ1) is 11.6. The van der Waals surface area contributed by atoms with E-state index in [9.17, 15) is 0 Å². The van der Waals surface area contributed by atoms with Crippen LogP contribution in [0.2, 0.25) is 5.02 Å². The van der Waals surface area contributed by atoms with Crippen molar-refractivity contribution in [3.05, 3.63) is 59.4 Å². The molecule has 0 aliphatic rings. The van der Waals surface area contributed by atoms with Gasteiger partial charge >= 0.3 is 0 Å². The zero-order valence-corrected chi connectivity index (χ0v) is 11.1. The molecule has 0 bridgehead atoms. The maximum atomic E-state index is 5.95. The van der Waals surface area contributed by atoms with Crippen LogP contribution in [0.1, 0.15) is 5.82 Å². The van der Waals surface area contributed by atoms with Crippen LogP contribution >= 0.6 is 23.4 Å². The van der Waals surface area contributed by atoms with Crippen molar-refractivity contribution in [1.82, 2.24) is 9.97 Å². The predicted octanol–water partition coefficient (Wildman–Crippen LogP) is 4.51. The van der Waals surface area contributed by atoms with E-state index >= 15 is 0 Å². The molecule has 0 aliphatic heterocycles. The molecule has 0 spiro atoms. The third-order valence-electron chi connectivity index (χ3n) is 2.61. The molecule has 3 aromatic rings. The number of imidazole rings is 1. The second-order valence-corrected chi connectivity index (χ2v) is 5.43. The normalized spacial score (nSPS) is 10.9. The van der Waals surface area contributed by atoms with Gasteiger partial charge in [-0.3, -0.25) is 0 Å². The third-order valence-corrected chi connectivity index (χ3v) is 3.87. The first-order chi connectivity index (χ1) is 8.81. The van der Waals surface area contributed by atoms with E-state index in [4.69, 9.17) is 11.6 Å². The van der Waals surface area contributed by atoms with Gasteiger partial charge in [0.15, 0.2) is 0 Å². The summed E-state index contributed by atoms with van der Waals surface area (Å²) in [4.78, 5) is 9.07. The van der Waals surface area contributed by atoms with E-state index in [2.05, 4.69) is 22.1 Å². The SMILES string of the molecule is Clc1ccc2nc(CSc3ccccc3)[nH]c2c1. The molecule has 0 aliphatic carbocycles. The van der Waals surface area contributed by atoms with Gasteiger partial charge in [-0.15, -0.1) is 11.8 Å². The molecule has 0 atom stereocenters. The molecule has 90 valence electrons. The van der Waals surface area contributed by atoms with Crippen LogP contribution < -0.4 is 0 Å². The van der Waals surface area contributed by atoms with Crippen molar-refractivity contribution >= 4 is 34.4 Å². The lowest BCUT2D eigenvalue weighted by molar-refractivity contribution is 1.14. The van der Waals surface area contributed by atoms with Gasteiger partial charge in [-0.25, -0.2) is 4.98 Å². The van der Waals surface area contributed by atoms with Gasteiger partial charge in [0.1, 0.15) is 5.82 Å². The fourth-order valence-electron chi connectivity index (χ4n) is 1.77. The second kappa shape index (κ2) is 5.04. The molecule has 0 amide bonds. The van der Waals surface area contributed by atoms with E-state index in [-0.39, 0.29) is 0 Å². The van der Waals surface area contributed by atoms with E-state index < -0.39 is 0 Å². The summed E-state index contributed by atoms with van der Waals surface area (Å²) < 4.78 is 0. The van der Waals surface area contributed by atoms with E-state index in [0.717, 1.165) is 27.6 Å². The van der Waals surface area contributed by atoms with E-state index in [1.165, 1.54) is 4.90 Å². The fraction of sp³-hybridized carbons (Fsp3) is 0.0714. The van der Waals surface area contributed by atoms with Gasteiger partial charge in [-0.05, 0) is 30.3 Å². The Morgan fingerprint density at radius 3 is 2.78 bits per heavy atom. The molecule has 1 heterocycles. The van der Waals surface area contributed by atoms with Crippen LogP contribution in [-0.4, -0.2) is 9.97 Å². The van der Waals surface area contributed by atoms with Crippen LogP contribution in [0.25, 0.3) is 11.0 Å². The highest BCUT2D eigenvalue weighted by molar-refractivity contribution is 7.98. The lowest BCUT2D eigenvalue weighted by atomic mass is 10.3. The van der Waals surface area contributed by atoms with Crippen molar-refractivity contribution in [1.29, 1.82) is 0 Å². The monoisotopic (exact) mass is 274 g/mol. The van der Waals surface area contributed by atoms with Crippen molar-refractivity contribution in [2.24, 2.45) is 0 Å². The average Bonchev–Trinajstić information content (AvgIpc) is 2.79. The van der Waals surface area contributed by atoms with Gasteiger partial charge in [-0.1, -0.05) is 29.8 Å². The maximum Gasteiger partial charge on any atom is 0.117 e. The average molecular weight is 275 g/mol. The largest absolute Gasteiger partial charge is 0.341 e. The summed E-state index contributed by atoms with van der Waals surface area (Å²) in [6.45, 7) is 0. The minimum absolute atomic E-state index is 0.730. The fourth-order valence-corrected chi connectivity index (χ4v) is 2.73. The number of halogens is 1. The van der Waals surface area contributed by atoms with Crippen LogP contribution in [0.15, 0.2) is 53.4 Å². The minimum Gasteiger partial charge on any atom is -0.341 e. The number of H-pyrrole nitrogens is 1. The lowest BCUT2D eigenvalue weighted by Gasteiger charge is -1.97. The van der Waals surface area contributed by atoms with Crippen molar-refractivity contribution in [2.75, 3.05) is 0 Å². The molecule has 2 nitrogen and oxygen atoms in total. The number of rotatable bonds is 3. The van der Waals surface area contributed by atoms with Crippen LogP contribution in [0, 0.1) is 0 Å². The molecule has 0 saturated carbocycles. The molecule has 1 aromatic heterocycles. The smallest absolute Gasteiger partial charge is 0.117 e. The molecule has 4 heteroatoms. The van der Waals surface area contributed by atoms with Crippen molar-refractivity contribution in [3.8, 4) is 0 Å². The van der Waals surface area contributed by atoms with Crippen LogP contribution in [0.5, 0.6) is 0 Å². The number of hydrogen-bond acceptors (Lipinski definition) is 2. The summed E-state index contributed by atoms with van der Waals surface area (Å²) in [6.07, 6.45) is 0. The van der Waals surface area contributed by atoms with E-state index in [1.807, 2.05) is 36.4 Å². The van der Waals surface area contributed by atoms with Crippen LogP contribution in [0.3, 0.4) is 0 Å². The highest BCUT2D eigenvalue weighted by Gasteiger charge is 2.03. The van der Waals surface area contributed by atoms with Crippen molar-refractivity contribution in [3.63, 3.8) is 0 Å². The lowest BCUT2D eigenvalue weighted by Crippen LogP contribution is -1.82. The Morgan fingerprint density at radius 2 is 1.94 bits per heavy atom. The first-order valence-electron chi connectivity index (χ1n) is 5.63. The molecule has 0 radical (unpaired) electrons. The summed E-state index contributed by atoms with van der Waals surface area (Å²) in [5.74, 6) is 1.80. The van der Waals surface area contributed by atoms with Gasteiger partial charge in [0.05, 0.1) is 16.8 Å². The minimum atomic E-state index is 0.730. The molecule has 0 saturated heterocycles. The Balaban J connectivity index is 1.79. The molecular formula is C14H11ClN2S. The summed E-state index contributed by atoms with van der Waals surface area (Å²) in [5.41, 5.74) is 1.95. The second-order valence-electron chi connectivity index (χ2n) is 3.95. The number of fused-ring (bicyclic) bond motifs is 1. The maximum absolute atomic E-state index is 5.95. The highest BCUT2D eigenvalue weighted by Crippen LogP contribution is 2.23. The van der Waals surface area contributed by atoms with Gasteiger partial charge in [0, 0.05) is 9.92 Å². The number of nitrogens with one attached hydrogen (secondary N) is 1. The topological polar surface area (TPSA) is 28.7 Å². The Kier molecular flexibility index (Phi) is 3.26. The Bertz CT molecular complexity index is 664. The third kappa shape index (κ3) is 2.52. The van der Waals surface area contributed by atoms with E-state index in [0.29, 0.717) is 0 Å². The zero-order valence-electron chi connectivity index (χ0n) is 9.56. The Morgan fingerprint density at radius 1 is 1.11 bits per heavy atom. The van der Waals surface area contributed by atoms with Gasteiger partial charge < -0.3 is 4.98 Å². The molecule has 3 rings (SSSR count). The summed E-state index contributed by atoms with van der Waals surface area (Å²) >= 11 is 7.71. The van der Waals surface area contributed by atoms with Gasteiger partial charge in [-0.2, -0.15) is 0 Å². The number of thioether (sulfide) groups is 1. The Labute approximate surface area is 114 Å². The van der Waals surface area contributed by atoms with Gasteiger partial charge in [0.25, 0.3) is 0 Å². The number of aromatic nitrogens is 2. The van der Waals surface area contributed by atoms with E-state index in [1.54, 1.807) is 11.8 Å². The number of aromatic amines is 1. The first-order valence-corrected chi connectivity index (χ1v) is 6.99. The molecule has 1 N–H and O–H groups in total. The molecule has 2 aromatic carbocycles. The molecular weight excluding hydrogens is 264 g/mol. The number of benzene rings is 2. The molecule has 0 unspecified atom stereocenters. The van der Waals surface area contributed by atoms with Crippen molar-refractivity contribution < 1.29 is 0 Å². The molecule has 18 heavy (non-hydrogen) atoms. The summed E-state index contributed by atoms with van der Waals surface area (Å²) in [6, 6.07) is 16.0.